The third-order valence-electron chi connectivity index (χ3n) is 3.50. The van der Waals surface area contributed by atoms with Crippen molar-refractivity contribution in [2.24, 2.45) is 5.92 Å². The Balaban J connectivity index is 2.30. The zero-order chi connectivity index (χ0) is 16.1. The zero-order valence-corrected chi connectivity index (χ0v) is 13.6. The van der Waals surface area contributed by atoms with E-state index >= 15 is 0 Å². The van der Waals surface area contributed by atoms with Crippen LogP contribution in [0.3, 0.4) is 0 Å². The standard InChI is InChI=1S/C17H17Cl2NO2/c1-11(10-21)16(12-6-2-4-8-14(12)18)20-17(22)13-7-3-5-9-15(13)19/h2-9,11,16,21H,10H2,1H3,(H,20,22). The number of hydrogen-bond acceptors (Lipinski definition) is 2. The molecule has 0 aliphatic carbocycles. The largest absolute Gasteiger partial charge is 0.396 e. The first-order chi connectivity index (χ1) is 10.5. The summed E-state index contributed by atoms with van der Waals surface area (Å²) in [6.45, 7) is 1.78. The van der Waals surface area contributed by atoms with Crippen LogP contribution < -0.4 is 5.32 Å². The molecule has 0 aliphatic rings. The summed E-state index contributed by atoms with van der Waals surface area (Å²) in [5.74, 6) is -0.484. The third-order valence-corrected chi connectivity index (χ3v) is 4.18. The summed E-state index contributed by atoms with van der Waals surface area (Å²) in [5.41, 5.74) is 1.16. The zero-order valence-electron chi connectivity index (χ0n) is 12.1. The molecule has 0 heterocycles. The Hall–Kier alpha value is -1.55. The molecule has 22 heavy (non-hydrogen) atoms. The quantitative estimate of drug-likeness (QED) is 0.863. The Kier molecular flexibility index (Phi) is 5.83. The van der Waals surface area contributed by atoms with Crippen molar-refractivity contribution in [3.05, 3.63) is 69.7 Å². The molecule has 2 unspecified atom stereocenters. The van der Waals surface area contributed by atoms with Crippen molar-refractivity contribution in [1.82, 2.24) is 5.32 Å². The van der Waals surface area contributed by atoms with Crippen molar-refractivity contribution >= 4 is 29.1 Å². The van der Waals surface area contributed by atoms with E-state index in [0.29, 0.717) is 15.6 Å². The van der Waals surface area contributed by atoms with Gasteiger partial charge < -0.3 is 10.4 Å². The molecule has 3 nitrogen and oxygen atoms in total. The second-order valence-electron chi connectivity index (χ2n) is 5.11. The van der Waals surface area contributed by atoms with E-state index < -0.39 is 6.04 Å². The molecule has 116 valence electrons. The van der Waals surface area contributed by atoms with Crippen LogP contribution in [0, 0.1) is 5.92 Å². The van der Waals surface area contributed by atoms with E-state index in [1.165, 1.54) is 0 Å². The highest BCUT2D eigenvalue weighted by molar-refractivity contribution is 6.34. The molecule has 2 N–H and O–H groups in total. The molecule has 2 aromatic rings. The fraction of sp³-hybridized carbons (Fsp3) is 0.235. The summed E-state index contributed by atoms with van der Waals surface area (Å²) < 4.78 is 0. The second kappa shape index (κ2) is 7.63. The van der Waals surface area contributed by atoms with Crippen molar-refractivity contribution in [1.29, 1.82) is 0 Å². The van der Waals surface area contributed by atoms with Crippen molar-refractivity contribution < 1.29 is 9.90 Å². The van der Waals surface area contributed by atoms with E-state index in [0.717, 1.165) is 5.56 Å². The summed E-state index contributed by atoms with van der Waals surface area (Å²) in [4.78, 5) is 12.5. The first-order valence-corrected chi connectivity index (χ1v) is 7.71. The van der Waals surface area contributed by atoms with Crippen LogP contribution in [0.25, 0.3) is 0 Å². The lowest BCUT2D eigenvalue weighted by Crippen LogP contribution is -2.34. The molecule has 0 radical (unpaired) electrons. The molecular weight excluding hydrogens is 321 g/mol. The highest BCUT2D eigenvalue weighted by Gasteiger charge is 2.24. The van der Waals surface area contributed by atoms with Gasteiger partial charge in [-0.3, -0.25) is 4.79 Å². The summed E-state index contributed by atoms with van der Waals surface area (Å²) in [6.07, 6.45) is 0. The maximum absolute atomic E-state index is 12.5. The molecule has 5 heteroatoms. The molecule has 0 saturated carbocycles. The Morgan fingerprint density at radius 1 is 1.09 bits per heavy atom. The maximum atomic E-state index is 12.5. The predicted molar refractivity (Wildman–Crippen MR) is 89.4 cm³/mol. The minimum atomic E-state index is -0.400. The minimum absolute atomic E-state index is 0.0707. The van der Waals surface area contributed by atoms with Gasteiger partial charge in [0.2, 0.25) is 0 Å². The van der Waals surface area contributed by atoms with Crippen LogP contribution in [0.5, 0.6) is 0 Å². The lowest BCUT2D eigenvalue weighted by molar-refractivity contribution is 0.0909. The Labute approximate surface area is 139 Å². The number of aliphatic hydroxyl groups is 1. The first-order valence-electron chi connectivity index (χ1n) is 6.95. The lowest BCUT2D eigenvalue weighted by atomic mass is 9.94. The smallest absolute Gasteiger partial charge is 0.253 e. The third kappa shape index (κ3) is 3.80. The fourth-order valence-corrected chi connectivity index (χ4v) is 2.70. The average Bonchev–Trinajstić information content (AvgIpc) is 2.53. The maximum Gasteiger partial charge on any atom is 0.253 e. The number of rotatable bonds is 5. The normalized spacial score (nSPS) is 13.5. The van der Waals surface area contributed by atoms with E-state index in [1.54, 1.807) is 30.3 Å². The van der Waals surface area contributed by atoms with Crippen molar-refractivity contribution in [2.45, 2.75) is 13.0 Å². The van der Waals surface area contributed by atoms with Crippen LogP contribution in [0.2, 0.25) is 10.0 Å². The van der Waals surface area contributed by atoms with Gasteiger partial charge in [0.25, 0.3) is 5.91 Å². The Morgan fingerprint density at radius 3 is 2.27 bits per heavy atom. The van der Waals surface area contributed by atoms with Gasteiger partial charge in [-0.1, -0.05) is 60.5 Å². The van der Waals surface area contributed by atoms with Gasteiger partial charge in [0.05, 0.1) is 16.6 Å². The van der Waals surface area contributed by atoms with Gasteiger partial charge in [-0.2, -0.15) is 0 Å². The average molecular weight is 338 g/mol. The van der Waals surface area contributed by atoms with Crippen LogP contribution in [-0.2, 0) is 0 Å². The van der Waals surface area contributed by atoms with Gasteiger partial charge in [-0.25, -0.2) is 0 Å². The van der Waals surface area contributed by atoms with Gasteiger partial charge in [-0.05, 0) is 23.8 Å². The SMILES string of the molecule is CC(CO)C(NC(=O)c1ccccc1Cl)c1ccccc1Cl. The molecule has 2 aromatic carbocycles. The summed E-state index contributed by atoms with van der Waals surface area (Å²) in [7, 11) is 0. The van der Waals surface area contributed by atoms with Crippen LogP contribution >= 0.6 is 23.2 Å². The molecule has 1 amide bonds. The second-order valence-corrected chi connectivity index (χ2v) is 5.93. The van der Waals surface area contributed by atoms with Gasteiger partial charge in [0.1, 0.15) is 0 Å². The molecule has 2 rings (SSSR count). The number of amides is 1. The predicted octanol–water partition coefficient (Wildman–Crippen LogP) is 4.09. The monoisotopic (exact) mass is 337 g/mol. The number of carbonyl (C=O) groups excluding carboxylic acids is 1. The van der Waals surface area contributed by atoms with E-state index in [-0.39, 0.29) is 18.4 Å². The Bertz CT molecular complexity index is 661. The van der Waals surface area contributed by atoms with Gasteiger partial charge in [-0.15, -0.1) is 0 Å². The molecule has 0 aliphatic heterocycles. The van der Waals surface area contributed by atoms with E-state index in [2.05, 4.69) is 5.32 Å². The van der Waals surface area contributed by atoms with Crippen LogP contribution in [0.15, 0.2) is 48.5 Å². The van der Waals surface area contributed by atoms with Crippen molar-refractivity contribution in [2.75, 3.05) is 6.61 Å². The van der Waals surface area contributed by atoms with Crippen molar-refractivity contribution in [3.63, 3.8) is 0 Å². The van der Waals surface area contributed by atoms with E-state index in [4.69, 9.17) is 23.2 Å². The van der Waals surface area contributed by atoms with Crippen LogP contribution in [0.4, 0.5) is 0 Å². The van der Waals surface area contributed by atoms with Gasteiger partial charge in [0.15, 0.2) is 0 Å². The van der Waals surface area contributed by atoms with Gasteiger partial charge in [0, 0.05) is 17.5 Å². The van der Waals surface area contributed by atoms with Crippen LogP contribution in [0.1, 0.15) is 28.9 Å². The highest BCUT2D eigenvalue weighted by atomic mass is 35.5. The molecule has 0 fully saturated rings. The number of carbonyl (C=O) groups is 1. The van der Waals surface area contributed by atoms with Gasteiger partial charge >= 0.3 is 0 Å². The molecule has 0 bridgehead atoms. The molecule has 0 aromatic heterocycles. The molecule has 0 saturated heterocycles. The topological polar surface area (TPSA) is 49.3 Å². The van der Waals surface area contributed by atoms with E-state index in [1.807, 2.05) is 25.1 Å². The first kappa shape index (κ1) is 16.8. The number of aliphatic hydroxyl groups excluding tert-OH is 1. The lowest BCUT2D eigenvalue weighted by Gasteiger charge is -2.25. The summed E-state index contributed by atoms with van der Waals surface area (Å²) >= 11 is 12.3. The highest BCUT2D eigenvalue weighted by Crippen LogP contribution is 2.29. The number of benzene rings is 2. The molecule has 2 atom stereocenters. The van der Waals surface area contributed by atoms with Crippen molar-refractivity contribution in [3.8, 4) is 0 Å². The molecule has 0 spiro atoms. The fourth-order valence-electron chi connectivity index (χ4n) is 2.22. The summed E-state index contributed by atoms with van der Waals surface area (Å²) in [5, 5.41) is 13.3. The van der Waals surface area contributed by atoms with Crippen LogP contribution in [-0.4, -0.2) is 17.6 Å². The number of hydrogen-bond donors (Lipinski definition) is 2. The molecular formula is C17H17Cl2NO2. The Morgan fingerprint density at radius 2 is 1.68 bits per heavy atom. The number of nitrogens with one attached hydrogen (secondary N) is 1. The van der Waals surface area contributed by atoms with E-state index in [9.17, 15) is 9.90 Å². The minimum Gasteiger partial charge on any atom is -0.396 e. The summed E-state index contributed by atoms with van der Waals surface area (Å²) in [6, 6.07) is 13.7. The number of halogens is 2.